The zero-order chi connectivity index (χ0) is 26.6. The lowest BCUT2D eigenvalue weighted by atomic mass is 10.1. The van der Waals surface area contributed by atoms with Crippen molar-refractivity contribution >= 4 is 22.4 Å². The van der Waals surface area contributed by atoms with Gasteiger partial charge < -0.3 is 14.4 Å². The Bertz CT molecular complexity index is 1250. The average molecular weight is 529 g/mol. The molecule has 0 aliphatic carbocycles. The van der Waals surface area contributed by atoms with E-state index in [0.717, 1.165) is 54.4 Å². The molecule has 0 aliphatic rings. The molecule has 198 valence electrons. The molecular weight excluding hydrogens is 492 g/mol. The summed E-state index contributed by atoms with van der Waals surface area (Å²) in [5.74, 6) is 0.621. The first kappa shape index (κ1) is 27.4. The predicted molar refractivity (Wildman–Crippen MR) is 155 cm³/mol. The summed E-state index contributed by atoms with van der Waals surface area (Å²) >= 11 is 1.74. The summed E-state index contributed by atoms with van der Waals surface area (Å²) in [6.45, 7) is 4.44. The van der Waals surface area contributed by atoms with Crippen LogP contribution in [0.15, 0.2) is 84.2 Å². The number of nitrogens with zero attached hydrogens (tertiary/aromatic N) is 2. The number of thiazole rings is 1. The second-order valence-corrected chi connectivity index (χ2v) is 10.2. The highest BCUT2D eigenvalue weighted by molar-refractivity contribution is 7.13. The van der Waals surface area contributed by atoms with Crippen molar-refractivity contribution in [1.82, 2.24) is 4.98 Å². The number of ether oxygens (including phenoxy) is 2. The van der Waals surface area contributed by atoms with E-state index in [1.54, 1.807) is 11.3 Å². The Balaban J connectivity index is 1.34. The molecule has 38 heavy (non-hydrogen) atoms. The largest absolute Gasteiger partial charge is 0.489 e. The number of hydrogen-bond acceptors (Lipinski definition) is 6. The van der Waals surface area contributed by atoms with Gasteiger partial charge in [0.1, 0.15) is 12.4 Å². The first-order valence-corrected chi connectivity index (χ1v) is 14.1. The number of benzene rings is 3. The van der Waals surface area contributed by atoms with Crippen LogP contribution < -0.4 is 9.64 Å². The Morgan fingerprint density at radius 2 is 1.53 bits per heavy atom. The smallest absolute Gasteiger partial charge is 0.305 e. The monoisotopic (exact) mass is 528 g/mol. The van der Waals surface area contributed by atoms with Crippen molar-refractivity contribution < 1.29 is 14.3 Å². The molecule has 4 aromatic rings. The van der Waals surface area contributed by atoms with E-state index in [2.05, 4.69) is 71.8 Å². The maximum Gasteiger partial charge on any atom is 0.305 e. The van der Waals surface area contributed by atoms with Crippen molar-refractivity contribution in [2.24, 2.45) is 0 Å². The van der Waals surface area contributed by atoms with Crippen LogP contribution in [0.4, 0.5) is 5.13 Å². The van der Waals surface area contributed by atoms with Gasteiger partial charge in [0, 0.05) is 24.9 Å². The van der Waals surface area contributed by atoms with Crippen molar-refractivity contribution in [2.45, 2.75) is 52.2 Å². The molecule has 5 nitrogen and oxygen atoms in total. The molecule has 0 N–H and O–H groups in total. The maximum absolute atomic E-state index is 11.3. The van der Waals surface area contributed by atoms with Crippen LogP contribution >= 0.6 is 11.3 Å². The van der Waals surface area contributed by atoms with Gasteiger partial charge in [0.15, 0.2) is 5.13 Å². The van der Waals surface area contributed by atoms with Crippen LogP contribution in [-0.2, 0) is 41.9 Å². The number of methoxy groups -OCH3 is 1. The first-order chi connectivity index (χ1) is 18.6. The number of rotatable bonds is 14. The number of aryl methyl sites for hydroxylation is 2. The van der Waals surface area contributed by atoms with Crippen molar-refractivity contribution in [3.05, 3.63) is 112 Å². The molecule has 0 radical (unpaired) electrons. The molecule has 1 heterocycles. The summed E-state index contributed by atoms with van der Waals surface area (Å²) in [5, 5.41) is 3.28. The van der Waals surface area contributed by atoms with Gasteiger partial charge in [-0.2, -0.15) is 0 Å². The standard InChI is InChI=1S/C32H36N2O3S/c1-3-7-29-24-38-32(33-29)34(21-20-25-8-5-4-6-9-25)22-27-10-12-28(13-11-27)23-37-30-17-14-26(15-18-30)16-19-31(35)36-2/h4-6,8-15,17-18,24H,3,7,16,19-23H2,1-2H3. The zero-order valence-electron chi connectivity index (χ0n) is 22.3. The van der Waals surface area contributed by atoms with Gasteiger partial charge in [-0.1, -0.05) is 80.1 Å². The SMILES string of the molecule is CCCc1csc(N(CCc2ccccc2)Cc2ccc(COc3ccc(CCC(=O)OC)cc3)cc2)n1. The molecule has 6 heteroatoms. The Kier molecular flexibility index (Phi) is 10.3. The van der Waals surface area contributed by atoms with Crippen molar-refractivity contribution in [1.29, 1.82) is 0 Å². The number of anilines is 1. The molecule has 0 unspecified atom stereocenters. The number of aromatic nitrogens is 1. The normalized spacial score (nSPS) is 10.8. The molecule has 0 saturated heterocycles. The number of carbonyl (C=O) groups is 1. The van der Waals surface area contributed by atoms with E-state index in [1.807, 2.05) is 24.3 Å². The summed E-state index contributed by atoms with van der Waals surface area (Å²) in [7, 11) is 1.41. The summed E-state index contributed by atoms with van der Waals surface area (Å²) in [5.41, 5.74) is 5.99. The highest BCUT2D eigenvalue weighted by Gasteiger charge is 2.13. The molecule has 0 spiro atoms. The minimum atomic E-state index is -0.194. The van der Waals surface area contributed by atoms with Crippen LogP contribution in [0, 0.1) is 0 Å². The van der Waals surface area contributed by atoms with Gasteiger partial charge in [-0.25, -0.2) is 4.98 Å². The van der Waals surface area contributed by atoms with Gasteiger partial charge in [-0.05, 0) is 53.6 Å². The quantitative estimate of drug-likeness (QED) is 0.165. The minimum absolute atomic E-state index is 0.194. The van der Waals surface area contributed by atoms with Gasteiger partial charge >= 0.3 is 5.97 Å². The average Bonchev–Trinajstić information content (AvgIpc) is 3.43. The van der Waals surface area contributed by atoms with Crippen LogP contribution in [0.3, 0.4) is 0 Å². The fourth-order valence-electron chi connectivity index (χ4n) is 4.19. The Morgan fingerprint density at radius 1 is 0.842 bits per heavy atom. The number of carbonyl (C=O) groups excluding carboxylic acids is 1. The molecule has 0 amide bonds. The van der Waals surface area contributed by atoms with E-state index in [-0.39, 0.29) is 5.97 Å². The Labute approximate surface area is 230 Å². The molecular formula is C32H36N2O3S. The molecule has 1 aromatic heterocycles. The summed E-state index contributed by atoms with van der Waals surface area (Å²) in [4.78, 5) is 18.6. The molecule has 0 atom stereocenters. The van der Waals surface area contributed by atoms with Gasteiger partial charge in [0.25, 0.3) is 0 Å². The molecule has 0 bridgehead atoms. The summed E-state index contributed by atoms with van der Waals surface area (Å²) < 4.78 is 10.7. The zero-order valence-corrected chi connectivity index (χ0v) is 23.1. The fourth-order valence-corrected chi connectivity index (χ4v) is 5.08. The summed E-state index contributed by atoms with van der Waals surface area (Å²) in [6.07, 6.45) is 4.16. The first-order valence-electron chi connectivity index (χ1n) is 13.2. The maximum atomic E-state index is 11.3. The second-order valence-electron chi connectivity index (χ2n) is 9.35. The van der Waals surface area contributed by atoms with E-state index in [0.29, 0.717) is 19.4 Å². The third kappa shape index (κ3) is 8.45. The summed E-state index contributed by atoms with van der Waals surface area (Å²) in [6, 6.07) is 27.2. The lowest BCUT2D eigenvalue weighted by Gasteiger charge is -2.22. The molecule has 0 fully saturated rings. The van der Waals surface area contributed by atoms with E-state index in [9.17, 15) is 4.79 Å². The third-order valence-corrected chi connectivity index (χ3v) is 7.35. The third-order valence-electron chi connectivity index (χ3n) is 6.40. The van der Waals surface area contributed by atoms with Crippen LogP contribution in [-0.4, -0.2) is 24.6 Å². The van der Waals surface area contributed by atoms with Gasteiger partial charge in [0.05, 0.1) is 12.8 Å². The van der Waals surface area contributed by atoms with Crippen LogP contribution in [0.1, 0.15) is 47.7 Å². The minimum Gasteiger partial charge on any atom is -0.489 e. The fraction of sp³-hybridized carbons (Fsp3) is 0.312. The topological polar surface area (TPSA) is 51.7 Å². The van der Waals surface area contributed by atoms with Crippen molar-refractivity contribution in [2.75, 3.05) is 18.6 Å². The molecule has 0 saturated carbocycles. The van der Waals surface area contributed by atoms with Crippen LogP contribution in [0.25, 0.3) is 0 Å². The molecule has 4 rings (SSSR count). The van der Waals surface area contributed by atoms with E-state index in [1.165, 1.54) is 23.9 Å². The highest BCUT2D eigenvalue weighted by Crippen LogP contribution is 2.24. The van der Waals surface area contributed by atoms with Crippen molar-refractivity contribution in [3.63, 3.8) is 0 Å². The Morgan fingerprint density at radius 3 is 2.24 bits per heavy atom. The Hall–Kier alpha value is -3.64. The molecule has 0 aliphatic heterocycles. The van der Waals surface area contributed by atoms with E-state index < -0.39 is 0 Å². The lowest BCUT2D eigenvalue weighted by molar-refractivity contribution is -0.140. The highest BCUT2D eigenvalue weighted by atomic mass is 32.1. The van der Waals surface area contributed by atoms with E-state index in [4.69, 9.17) is 14.5 Å². The number of esters is 1. The second kappa shape index (κ2) is 14.3. The molecule has 3 aromatic carbocycles. The van der Waals surface area contributed by atoms with Gasteiger partial charge in [-0.15, -0.1) is 11.3 Å². The van der Waals surface area contributed by atoms with Crippen LogP contribution in [0.2, 0.25) is 0 Å². The predicted octanol–water partition coefficient (Wildman–Crippen LogP) is 7.03. The number of hydrogen-bond donors (Lipinski definition) is 0. The van der Waals surface area contributed by atoms with Crippen molar-refractivity contribution in [3.8, 4) is 5.75 Å². The van der Waals surface area contributed by atoms with E-state index >= 15 is 0 Å². The van der Waals surface area contributed by atoms with Gasteiger partial charge in [0.2, 0.25) is 0 Å². The van der Waals surface area contributed by atoms with Gasteiger partial charge in [-0.3, -0.25) is 4.79 Å². The lowest BCUT2D eigenvalue weighted by Crippen LogP contribution is -2.25. The van der Waals surface area contributed by atoms with Crippen LogP contribution in [0.5, 0.6) is 5.75 Å².